The molecule has 0 unspecified atom stereocenters. The average Bonchev–Trinajstić information content (AvgIpc) is 2.14. The first-order valence-electron chi connectivity index (χ1n) is 4.28. The van der Waals surface area contributed by atoms with Crippen LogP contribution < -0.4 is 10.2 Å². The van der Waals surface area contributed by atoms with Crippen molar-refractivity contribution in [2.45, 2.75) is 13.5 Å². The average molecular weight is 260 g/mol. The zero-order valence-electron chi connectivity index (χ0n) is 8.56. The zero-order valence-corrected chi connectivity index (χ0v) is 10.1. The van der Waals surface area contributed by atoms with Crippen LogP contribution in [0.1, 0.15) is 11.1 Å². The van der Waals surface area contributed by atoms with Crippen LogP contribution in [0.3, 0.4) is 0 Å². The predicted octanol–water partition coefficient (Wildman–Crippen LogP) is 2.42. The summed E-state index contributed by atoms with van der Waals surface area (Å²) in [5.41, 5.74) is 4.97. The Morgan fingerprint density at radius 3 is 2.64 bits per heavy atom. The fraction of sp³-hybridized carbons (Fsp3) is 0.400. The van der Waals surface area contributed by atoms with Crippen LogP contribution in [0.2, 0.25) is 0 Å². The van der Waals surface area contributed by atoms with Gasteiger partial charge in [-0.05, 0) is 24.6 Å². The van der Waals surface area contributed by atoms with Gasteiger partial charge in [0, 0.05) is 16.6 Å². The standard InChI is InChI=1S/C10H14BrNO2/c1-7-4-9(11)5-8(6-12-14-3)10(7)13-2/h4-5,12H,6H2,1-3H3. The largest absolute Gasteiger partial charge is 0.496 e. The van der Waals surface area contributed by atoms with Crippen LogP contribution in [0.25, 0.3) is 0 Å². The van der Waals surface area contributed by atoms with E-state index in [-0.39, 0.29) is 0 Å². The van der Waals surface area contributed by atoms with E-state index in [0.717, 1.165) is 21.3 Å². The lowest BCUT2D eigenvalue weighted by Gasteiger charge is -2.12. The zero-order chi connectivity index (χ0) is 10.6. The van der Waals surface area contributed by atoms with Crippen LogP contribution in [0.15, 0.2) is 16.6 Å². The van der Waals surface area contributed by atoms with Gasteiger partial charge in [0.2, 0.25) is 0 Å². The summed E-state index contributed by atoms with van der Waals surface area (Å²) in [4.78, 5) is 4.80. The summed E-state index contributed by atoms with van der Waals surface area (Å²) < 4.78 is 6.36. The van der Waals surface area contributed by atoms with Gasteiger partial charge in [0.1, 0.15) is 5.75 Å². The molecule has 0 amide bonds. The van der Waals surface area contributed by atoms with Gasteiger partial charge in [0.15, 0.2) is 0 Å². The van der Waals surface area contributed by atoms with Gasteiger partial charge in [-0.1, -0.05) is 15.9 Å². The molecule has 0 radical (unpaired) electrons. The van der Waals surface area contributed by atoms with Crippen LogP contribution in [0.4, 0.5) is 0 Å². The topological polar surface area (TPSA) is 30.5 Å². The number of hydroxylamine groups is 1. The first kappa shape index (κ1) is 11.5. The molecule has 78 valence electrons. The van der Waals surface area contributed by atoms with Crippen molar-refractivity contribution in [3.63, 3.8) is 0 Å². The van der Waals surface area contributed by atoms with Crippen molar-refractivity contribution in [3.8, 4) is 5.75 Å². The minimum absolute atomic E-state index is 0.625. The fourth-order valence-electron chi connectivity index (χ4n) is 1.37. The van der Waals surface area contributed by atoms with Gasteiger partial charge in [-0.3, -0.25) is 0 Å². The molecule has 0 fully saturated rings. The first-order chi connectivity index (χ1) is 6.69. The van der Waals surface area contributed by atoms with E-state index in [1.807, 2.05) is 19.1 Å². The van der Waals surface area contributed by atoms with Gasteiger partial charge in [-0.25, -0.2) is 0 Å². The highest BCUT2D eigenvalue weighted by Gasteiger charge is 2.07. The van der Waals surface area contributed by atoms with Crippen LogP contribution in [-0.4, -0.2) is 14.2 Å². The van der Waals surface area contributed by atoms with E-state index < -0.39 is 0 Å². The molecule has 3 nitrogen and oxygen atoms in total. The normalized spacial score (nSPS) is 10.3. The summed E-state index contributed by atoms with van der Waals surface area (Å²) >= 11 is 3.44. The predicted molar refractivity (Wildman–Crippen MR) is 59.3 cm³/mol. The highest BCUT2D eigenvalue weighted by atomic mass is 79.9. The monoisotopic (exact) mass is 259 g/mol. The minimum atomic E-state index is 0.625. The second-order valence-electron chi connectivity index (χ2n) is 2.94. The molecule has 1 rings (SSSR count). The highest BCUT2D eigenvalue weighted by Crippen LogP contribution is 2.27. The Hall–Kier alpha value is -0.580. The second kappa shape index (κ2) is 5.34. The van der Waals surface area contributed by atoms with E-state index in [2.05, 4.69) is 21.4 Å². The van der Waals surface area contributed by atoms with Crippen LogP contribution in [-0.2, 0) is 11.4 Å². The Labute approximate surface area is 92.5 Å². The molecule has 1 aromatic rings. The Balaban J connectivity index is 2.99. The minimum Gasteiger partial charge on any atom is -0.496 e. The van der Waals surface area contributed by atoms with E-state index in [4.69, 9.17) is 9.57 Å². The van der Waals surface area contributed by atoms with Crippen LogP contribution in [0, 0.1) is 6.92 Å². The molecule has 1 N–H and O–H groups in total. The number of rotatable bonds is 4. The smallest absolute Gasteiger partial charge is 0.126 e. The summed E-state index contributed by atoms with van der Waals surface area (Å²) in [6.45, 7) is 2.64. The summed E-state index contributed by atoms with van der Waals surface area (Å²) in [5.74, 6) is 0.901. The lowest BCUT2D eigenvalue weighted by atomic mass is 10.1. The lowest BCUT2D eigenvalue weighted by Crippen LogP contribution is -2.12. The molecule has 0 spiro atoms. The highest BCUT2D eigenvalue weighted by molar-refractivity contribution is 9.10. The van der Waals surface area contributed by atoms with E-state index in [0.29, 0.717) is 6.54 Å². The molecule has 1 aromatic carbocycles. The quantitative estimate of drug-likeness (QED) is 0.843. The molecule has 0 aromatic heterocycles. The molecule has 0 atom stereocenters. The number of hydrogen-bond donors (Lipinski definition) is 1. The maximum atomic E-state index is 5.31. The second-order valence-corrected chi connectivity index (χ2v) is 3.86. The summed E-state index contributed by atoms with van der Waals surface area (Å²) in [6.07, 6.45) is 0. The first-order valence-corrected chi connectivity index (χ1v) is 5.07. The third kappa shape index (κ3) is 2.70. The number of benzene rings is 1. The Morgan fingerprint density at radius 1 is 1.36 bits per heavy atom. The number of nitrogens with one attached hydrogen (secondary N) is 1. The van der Waals surface area contributed by atoms with Crippen molar-refractivity contribution in [2.75, 3.05) is 14.2 Å². The number of methoxy groups -OCH3 is 1. The molecule has 0 aliphatic heterocycles. The van der Waals surface area contributed by atoms with Crippen molar-refractivity contribution >= 4 is 15.9 Å². The van der Waals surface area contributed by atoms with Crippen molar-refractivity contribution in [1.29, 1.82) is 0 Å². The maximum absolute atomic E-state index is 5.31. The van der Waals surface area contributed by atoms with Gasteiger partial charge < -0.3 is 9.57 Å². The van der Waals surface area contributed by atoms with Crippen molar-refractivity contribution in [1.82, 2.24) is 5.48 Å². The van der Waals surface area contributed by atoms with Gasteiger partial charge in [0.05, 0.1) is 14.2 Å². The van der Waals surface area contributed by atoms with Crippen LogP contribution >= 0.6 is 15.9 Å². The number of halogens is 1. The van der Waals surface area contributed by atoms with Gasteiger partial charge in [-0.2, -0.15) is 5.48 Å². The van der Waals surface area contributed by atoms with E-state index >= 15 is 0 Å². The van der Waals surface area contributed by atoms with Gasteiger partial charge >= 0.3 is 0 Å². The fourth-order valence-corrected chi connectivity index (χ4v) is 1.99. The summed E-state index contributed by atoms with van der Waals surface area (Å²) in [6, 6.07) is 4.03. The van der Waals surface area contributed by atoms with Crippen molar-refractivity contribution in [2.24, 2.45) is 0 Å². The third-order valence-corrected chi connectivity index (χ3v) is 2.39. The molecule has 0 heterocycles. The molecule has 0 saturated carbocycles. The summed E-state index contributed by atoms with van der Waals surface area (Å²) in [7, 11) is 3.27. The third-order valence-electron chi connectivity index (χ3n) is 1.93. The molecule has 0 bridgehead atoms. The maximum Gasteiger partial charge on any atom is 0.126 e. The van der Waals surface area contributed by atoms with Gasteiger partial charge in [0.25, 0.3) is 0 Å². The molecule has 0 saturated heterocycles. The SMILES string of the molecule is CONCc1cc(Br)cc(C)c1OC. The van der Waals surface area contributed by atoms with Crippen molar-refractivity contribution in [3.05, 3.63) is 27.7 Å². The lowest BCUT2D eigenvalue weighted by molar-refractivity contribution is 0.0861. The molecular weight excluding hydrogens is 246 g/mol. The Morgan fingerprint density at radius 2 is 2.07 bits per heavy atom. The Bertz CT molecular complexity index is 315. The molecule has 0 aliphatic carbocycles. The van der Waals surface area contributed by atoms with Gasteiger partial charge in [-0.15, -0.1) is 0 Å². The van der Waals surface area contributed by atoms with Crippen LogP contribution in [0.5, 0.6) is 5.75 Å². The number of ether oxygens (including phenoxy) is 1. The molecule has 14 heavy (non-hydrogen) atoms. The molecule has 0 aliphatic rings. The molecular formula is C10H14BrNO2. The number of aryl methyl sites for hydroxylation is 1. The van der Waals surface area contributed by atoms with E-state index in [1.165, 1.54) is 0 Å². The van der Waals surface area contributed by atoms with E-state index in [1.54, 1.807) is 14.2 Å². The summed E-state index contributed by atoms with van der Waals surface area (Å²) in [5, 5.41) is 0. The number of hydrogen-bond acceptors (Lipinski definition) is 3. The van der Waals surface area contributed by atoms with E-state index in [9.17, 15) is 0 Å². The Kier molecular flexibility index (Phi) is 4.38. The van der Waals surface area contributed by atoms with Crippen molar-refractivity contribution < 1.29 is 9.57 Å². The molecule has 4 heteroatoms.